The Morgan fingerprint density at radius 2 is 1.95 bits per heavy atom. The van der Waals surface area contributed by atoms with Gasteiger partial charge in [-0.15, -0.1) is 0 Å². The van der Waals surface area contributed by atoms with Crippen molar-refractivity contribution in [2.45, 2.75) is 38.1 Å². The molecule has 0 aromatic heterocycles. The van der Waals surface area contributed by atoms with Crippen molar-refractivity contribution in [2.75, 3.05) is 19.7 Å². The van der Waals surface area contributed by atoms with Crippen molar-refractivity contribution in [2.24, 2.45) is 11.7 Å². The average Bonchev–Trinajstić information content (AvgIpc) is 3.11. The first kappa shape index (κ1) is 16.3. The molecule has 2 aliphatic rings. The minimum Gasteiger partial charge on any atom is -0.455 e. The quantitative estimate of drug-likeness (QED) is 0.605. The van der Waals surface area contributed by atoms with Gasteiger partial charge in [0.25, 0.3) is 5.91 Å². The van der Waals surface area contributed by atoms with E-state index >= 15 is 0 Å². The number of nitrogens with one attached hydrogen (secondary N) is 1. The molecule has 0 aromatic rings. The number of hydrogen-bond acceptors (Lipinski definition) is 5. The number of carbonyl (C=O) groups is 4. The zero-order valence-electron chi connectivity index (χ0n) is 12.4. The van der Waals surface area contributed by atoms with E-state index in [0.717, 1.165) is 25.7 Å². The Morgan fingerprint density at radius 3 is 2.59 bits per heavy atom. The van der Waals surface area contributed by atoms with E-state index in [1.54, 1.807) is 4.90 Å². The number of nitrogens with two attached hydrogens (primary N) is 1. The van der Waals surface area contributed by atoms with E-state index in [2.05, 4.69) is 5.32 Å². The molecule has 3 N–H and O–H groups in total. The molecule has 1 saturated carbocycles. The van der Waals surface area contributed by atoms with Gasteiger partial charge in [0.15, 0.2) is 6.61 Å². The lowest BCUT2D eigenvalue weighted by Gasteiger charge is -2.23. The number of primary amides is 1. The summed E-state index contributed by atoms with van der Waals surface area (Å²) in [6.45, 7) is -0.404. The zero-order valence-corrected chi connectivity index (χ0v) is 12.4. The fourth-order valence-corrected chi connectivity index (χ4v) is 2.95. The highest BCUT2D eigenvalue weighted by atomic mass is 16.5. The summed E-state index contributed by atoms with van der Waals surface area (Å²) in [6.07, 6.45) is 4.34. The van der Waals surface area contributed by atoms with Crippen molar-refractivity contribution in [3.05, 3.63) is 0 Å². The molecule has 1 saturated heterocycles. The summed E-state index contributed by atoms with van der Waals surface area (Å²) < 4.78 is 4.90. The summed E-state index contributed by atoms with van der Waals surface area (Å²) >= 11 is 0. The lowest BCUT2D eigenvalue weighted by molar-refractivity contribution is -0.152. The van der Waals surface area contributed by atoms with Crippen LogP contribution in [0.25, 0.3) is 0 Å². The van der Waals surface area contributed by atoms with Crippen LogP contribution in [0.2, 0.25) is 0 Å². The van der Waals surface area contributed by atoms with Crippen LogP contribution in [0, 0.1) is 5.92 Å². The van der Waals surface area contributed by atoms with E-state index in [9.17, 15) is 19.2 Å². The number of hydrogen-bond donors (Lipinski definition) is 2. The third kappa shape index (κ3) is 4.19. The van der Waals surface area contributed by atoms with Gasteiger partial charge in [-0.1, -0.05) is 12.8 Å². The van der Waals surface area contributed by atoms with Crippen molar-refractivity contribution in [3.63, 3.8) is 0 Å². The molecule has 22 heavy (non-hydrogen) atoms. The lowest BCUT2D eigenvalue weighted by atomic mass is 10.1. The SMILES string of the molecule is NC(=O)CNC(=O)COC(=O)[C@@H]1CC(=O)N(C2CCCC2)C1. The standard InChI is InChI=1S/C14H21N3O5/c15-11(18)6-16-12(19)8-22-14(21)9-5-13(20)17(7-9)10-3-1-2-4-10/h9-10H,1-8H2,(H2,15,18)(H,16,19)/t9-/m1/s1. The molecule has 0 aromatic carbocycles. The molecular formula is C14H21N3O5. The first-order valence-corrected chi connectivity index (χ1v) is 7.48. The molecule has 0 bridgehead atoms. The van der Waals surface area contributed by atoms with Gasteiger partial charge in [0.2, 0.25) is 11.8 Å². The van der Waals surface area contributed by atoms with Crippen LogP contribution in [0.3, 0.4) is 0 Å². The van der Waals surface area contributed by atoms with Gasteiger partial charge in [-0.05, 0) is 12.8 Å². The number of rotatable bonds is 6. The molecule has 0 unspecified atom stereocenters. The number of esters is 1. The second-order valence-electron chi connectivity index (χ2n) is 5.74. The molecule has 3 amide bonds. The van der Waals surface area contributed by atoms with Gasteiger partial charge in [0.1, 0.15) is 0 Å². The van der Waals surface area contributed by atoms with Gasteiger partial charge in [-0.2, -0.15) is 0 Å². The Balaban J connectivity index is 1.75. The molecule has 1 atom stereocenters. The van der Waals surface area contributed by atoms with Crippen LogP contribution in [0.4, 0.5) is 0 Å². The van der Waals surface area contributed by atoms with Crippen molar-refractivity contribution in [3.8, 4) is 0 Å². The Morgan fingerprint density at radius 1 is 1.27 bits per heavy atom. The smallest absolute Gasteiger partial charge is 0.311 e. The van der Waals surface area contributed by atoms with E-state index in [4.69, 9.17) is 10.5 Å². The molecule has 2 fully saturated rings. The van der Waals surface area contributed by atoms with Gasteiger partial charge >= 0.3 is 5.97 Å². The van der Waals surface area contributed by atoms with E-state index < -0.39 is 30.3 Å². The highest BCUT2D eigenvalue weighted by Crippen LogP contribution is 2.29. The van der Waals surface area contributed by atoms with Gasteiger partial charge in [-0.25, -0.2) is 0 Å². The largest absolute Gasteiger partial charge is 0.455 e. The molecule has 0 radical (unpaired) electrons. The molecular weight excluding hydrogens is 290 g/mol. The first-order chi connectivity index (χ1) is 10.5. The first-order valence-electron chi connectivity index (χ1n) is 7.48. The molecule has 1 heterocycles. The molecule has 1 aliphatic heterocycles. The fraction of sp³-hybridized carbons (Fsp3) is 0.714. The minimum absolute atomic E-state index is 0.0213. The molecule has 122 valence electrons. The number of carbonyl (C=O) groups excluding carboxylic acids is 4. The Hall–Kier alpha value is -2.12. The highest BCUT2D eigenvalue weighted by molar-refractivity contribution is 5.89. The summed E-state index contributed by atoms with van der Waals surface area (Å²) in [6, 6.07) is 0.240. The van der Waals surface area contributed by atoms with E-state index in [1.807, 2.05) is 0 Å². The number of nitrogens with zero attached hydrogens (tertiary/aromatic N) is 1. The van der Waals surface area contributed by atoms with Gasteiger partial charge < -0.3 is 20.7 Å². The maximum Gasteiger partial charge on any atom is 0.311 e. The summed E-state index contributed by atoms with van der Waals surface area (Å²) in [4.78, 5) is 47.5. The van der Waals surface area contributed by atoms with Crippen molar-refractivity contribution >= 4 is 23.7 Å². The molecule has 0 spiro atoms. The summed E-state index contributed by atoms with van der Waals surface area (Å²) in [5.74, 6) is -2.36. The molecule has 8 nitrogen and oxygen atoms in total. The third-order valence-electron chi connectivity index (χ3n) is 4.06. The second-order valence-corrected chi connectivity index (χ2v) is 5.74. The van der Waals surface area contributed by atoms with Crippen LogP contribution in [-0.2, 0) is 23.9 Å². The number of likely N-dealkylation sites (tertiary alicyclic amines) is 1. The highest BCUT2D eigenvalue weighted by Gasteiger charge is 2.39. The summed E-state index contributed by atoms with van der Waals surface area (Å²) in [5.41, 5.74) is 4.88. The van der Waals surface area contributed by atoms with Crippen LogP contribution in [0.5, 0.6) is 0 Å². The van der Waals surface area contributed by atoms with E-state index in [0.29, 0.717) is 6.54 Å². The van der Waals surface area contributed by atoms with Crippen LogP contribution >= 0.6 is 0 Å². The molecule has 1 aliphatic carbocycles. The monoisotopic (exact) mass is 311 g/mol. The number of ether oxygens (including phenoxy) is 1. The van der Waals surface area contributed by atoms with Gasteiger partial charge in [0, 0.05) is 19.0 Å². The molecule has 8 heteroatoms. The Kier molecular flexibility index (Phi) is 5.35. The second kappa shape index (κ2) is 7.24. The predicted octanol–water partition coefficient (Wildman–Crippen LogP) is -1.08. The van der Waals surface area contributed by atoms with Crippen molar-refractivity contribution in [1.82, 2.24) is 10.2 Å². The summed E-state index contributed by atoms with van der Waals surface area (Å²) in [5, 5.41) is 2.22. The predicted molar refractivity (Wildman–Crippen MR) is 75.2 cm³/mol. The van der Waals surface area contributed by atoms with Crippen LogP contribution in [0.15, 0.2) is 0 Å². The zero-order chi connectivity index (χ0) is 16.1. The third-order valence-corrected chi connectivity index (χ3v) is 4.06. The maximum absolute atomic E-state index is 12.0. The van der Waals surface area contributed by atoms with Crippen molar-refractivity contribution in [1.29, 1.82) is 0 Å². The average molecular weight is 311 g/mol. The van der Waals surface area contributed by atoms with E-state index in [1.165, 1.54) is 0 Å². The van der Waals surface area contributed by atoms with Gasteiger partial charge in [-0.3, -0.25) is 19.2 Å². The van der Waals surface area contributed by atoms with Crippen LogP contribution < -0.4 is 11.1 Å². The number of amides is 3. The Bertz CT molecular complexity index is 473. The van der Waals surface area contributed by atoms with E-state index in [-0.39, 0.29) is 24.9 Å². The van der Waals surface area contributed by atoms with Crippen LogP contribution in [-0.4, -0.2) is 54.3 Å². The fourth-order valence-electron chi connectivity index (χ4n) is 2.95. The Labute approximate surface area is 128 Å². The minimum atomic E-state index is -0.673. The normalized spacial score (nSPS) is 21.9. The maximum atomic E-state index is 12.0. The van der Waals surface area contributed by atoms with Crippen LogP contribution in [0.1, 0.15) is 32.1 Å². The van der Waals surface area contributed by atoms with Gasteiger partial charge in [0.05, 0.1) is 12.5 Å². The topological polar surface area (TPSA) is 119 Å². The lowest BCUT2D eigenvalue weighted by Crippen LogP contribution is -2.37. The summed E-state index contributed by atoms with van der Waals surface area (Å²) in [7, 11) is 0. The molecule has 2 rings (SSSR count). The van der Waals surface area contributed by atoms with Crippen molar-refractivity contribution < 1.29 is 23.9 Å².